The van der Waals surface area contributed by atoms with Crippen molar-refractivity contribution in [3.05, 3.63) is 65.7 Å². The smallest absolute Gasteiger partial charge is 0.251 e. The summed E-state index contributed by atoms with van der Waals surface area (Å²) in [4.78, 5) is 13.2. The van der Waals surface area contributed by atoms with E-state index in [-0.39, 0.29) is 5.91 Å². The van der Waals surface area contributed by atoms with E-state index in [9.17, 15) is 4.79 Å². The summed E-state index contributed by atoms with van der Waals surface area (Å²) in [5.41, 5.74) is 7.36. The second kappa shape index (κ2) is 8.49. The quantitative estimate of drug-likeness (QED) is 0.610. The first kappa shape index (κ1) is 15.6. The third-order valence-corrected chi connectivity index (χ3v) is 4.06. The number of thioether (sulfide) groups is 1. The van der Waals surface area contributed by atoms with E-state index in [4.69, 9.17) is 5.73 Å². The molecule has 2 aromatic rings. The van der Waals surface area contributed by atoms with Crippen LogP contribution in [-0.2, 0) is 6.42 Å². The minimum Gasteiger partial charge on any atom is -0.351 e. The minimum atomic E-state index is -0.0250. The molecule has 3 N–H and O–H groups in total. The highest BCUT2D eigenvalue weighted by Gasteiger charge is 2.04. The summed E-state index contributed by atoms with van der Waals surface area (Å²) in [5, 5.41) is 2.94. The number of nitrogens with one attached hydrogen (secondary N) is 1. The van der Waals surface area contributed by atoms with Crippen LogP contribution >= 0.6 is 11.8 Å². The molecule has 0 saturated heterocycles. The molecule has 0 heterocycles. The summed E-state index contributed by atoms with van der Waals surface area (Å²) in [6, 6.07) is 17.8. The first-order valence-corrected chi connectivity index (χ1v) is 8.03. The molecule has 4 heteroatoms. The molecular formula is C17H20N2OS. The molecule has 1 amide bonds. The number of benzene rings is 2. The van der Waals surface area contributed by atoms with Gasteiger partial charge in [0.2, 0.25) is 0 Å². The van der Waals surface area contributed by atoms with Crippen molar-refractivity contribution in [3.8, 4) is 0 Å². The summed E-state index contributed by atoms with van der Waals surface area (Å²) in [6.07, 6.45) is 0.843. The second-order valence-electron chi connectivity index (χ2n) is 4.65. The van der Waals surface area contributed by atoms with Crippen molar-refractivity contribution < 1.29 is 4.79 Å². The topological polar surface area (TPSA) is 55.1 Å². The van der Waals surface area contributed by atoms with Crippen LogP contribution in [-0.4, -0.2) is 24.7 Å². The number of hydrogen-bond acceptors (Lipinski definition) is 3. The van der Waals surface area contributed by atoms with Gasteiger partial charge in [0.05, 0.1) is 0 Å². The molecule has 110 valence electrons. The van der Waals surface area contributed by atoms with Crippen molar-refractivity contribution in [2.24, 2.45) is 5.73 Å². The maximum Gasteiger partial charge on any atom is 0.251 e. The molecule has 0 saturated carbocycles. The van der Waals surface area contributed by atoms with Gasteiger partial charge < -0.3 is 11.1 Å². The van der Waals surface area contributed by atoms with Gasteiger partial charge >= 0.3 is 0 Å². The van der Waals surface area contributed by atoms with Crippen LogP contribution in [0.15, 0.2) is 59.5 Å². The molecule has 0 aliphatic heterocycles. The van der Waals surface area contributed by atoms with E-state index in [1.165, 1.54) is 4.90 Å². The van der Waals surface area contributed by atoms with E-state index in [1.54, 1.807) is 11.8 Å². The van der Waals surface area contributed by atoms with Gasteiger partial charge in [-0.05, 0) is 42.8 Å². The van der Waals surface area contributed by atoms with Crippen molar-refractivity contribution >= 4 is 17.7 Å². The van der Waals surface area contributed by atoms with Gasteiger partial charge in [-0.3, -0.25) is 4.79 Å². The van der Waals surface area contributed by atoms with E-state index in [0.717, 1.165) is 17.7 Å². The first-order chi connectivity index (χ1) is 10.3. The second-order valence-corrected chi connectivity index (χ2v) is 5.82. The Morgan fingerprint density at radius 3 is 2.43 bits per heavy atom. The molecule has 2 rings (SSSR count). The van der Waals surface area contributed by atoms with Crippen LogP contribution in [0.1, 0.15) is 15.9 Å². The van der Waals surface area contributed by atoms with Crippen LogP contribution in [0.3, 0.4) is 0 Å². The zero-order valence-corrected chi connectivity index (χ0v) is 12.7. The molecule has 0 spiro atoms. The summed E-state index contributed by atoms with van der Waals surface area (Å²) >= 11 is 1.74. The lowest BCUT2D eigenvalue weighted by molar-refractivity contribution is 0.0956. The number of amides is 1. The fourth-order valence-corrected chi connectivity index (χ4v) is 2.73. The highest BCUT2D eigenvalue weighted by molar-refractivity contribution is 7.99. The van der Waals surface area contributed by atoms with Gasteiger partial charge in [-0.2, -0.15) is 0 Å². The number of hydrogen-bond donors (Lipinski definition) is 2. The average Bonchev–Trinajstić information content (AvgIpc) is 2.53. The molecule has 0 aliphatic carbocycles. The third kappa shape index (κ3) is 5.25. The SMILES string of the molecule is NCCc1ccc(C(=O)NCCSc2ccccc2)cc1. The van der Waals surface area contributed by atoms with Crippen LogP contribution in [0.25, 0.3) is 0 Å². The number of carbonyl (C=O) groups is 1. The fraction of sp³-hybridized carbons (Fsp3) is 0.235. The fourth-order valence-electron chi connectivity index (χ4n) is 1.94. The molecule has 0 aromatic heterocycles. The zero-order valence-electron chi connectivity index (χ0n) is 11.9. The zero-order chi connectivity index (χ0) is 14.9. The van der Waals surface area contributed by atoms with Crippen LogP contribution in [0.2, 0.25) is 0 Å². The van der Waals surface area contributed by atoms with E-state index in [0.29, 0.717) is 18.7 Å². The molecule has 0 bridgehead atoms. The third-order valence-electron chi connectivity index (χ3n) is 3.05. The van der Waals surface area contributed by atoms with Gasteiger partial charge in [0.15, 0.2) is 0 Å². The van der Waals surface area contributed by atoms with E-state index < -0.39 is 0 Å². The summed E-state index contributed by atoms with van der Waals surface area (Å²) in [5.74, 6) is 0.837. The van der Waals surface area contributed by atoms with Crippen molar-refractivity contribution in [2.75, 3.05) is 18.8 Å². The normalized spacial score (nSPS) is 10.3. The van der Waals surface area contributed by atoms with Gasteiger partial charge in [-0.1, -0.05) is 30.3 Å². The number of rotatable bonds is 7. The lowest BCUT2D eigenvalue weighted by Gasteiger charge is -2.06. The summed E-state index contributed by atoms with van der Waals surface area (Å²) in [7, 11) is 0. The van der Waals surface area contributed by atoms with Gasteiger partial charge in [0.25, 0.3) is 5.91 Å². The Morgan fingerprint density at radius 1 is 1.05 bits per heavy atom. The van der Waals surface area contributed by atoms with Crippen LogP contribution in [0, 0.1) is 0 Å². The highest BCUT2D eigenvalue weighted by Crippen LogP contribution is 2.15. The van der Waals surface area contributed by atoms with Crippen LogP contribution in [0.4, 0.5) is 0 Å². The van der Waals surface area contributed by atoms with E-state index in [1.807, 2.05) is 42.5 Å². The molecule has 0 atom stereocenters. The molecule has 0 radical (unpaired) electrons. The Hall–Kier alpha value is -1.78. The van der Waals surface area contributed by atoms with E-state index >= 15 is 0 Å². The monoisotopic (exact) mass is 300 g/mol. The summed E-state index contributed by atoms with van der Waals surface area (Å²) in [6.45, 7) is 1.28. The minimum absolute atomic E-state index is 0.0250. The predicted molar refractivity (Wildman–Crippen MR) is 88.7 cm³/mol. The van der Waals surface area contributed by atoms with Gasteiger partial charge in [-0.25, -0.2) is 0 Å². The maximum atomic E-state index is 12.0. The predicted octanol–water partition coefficient (Wildman–Crippen LogP) is 2.71. The molecule has 0 aliphatic rings. The van der Waals surface area contributed by atoms with Gasteiger partial charge in [0, 0.05) is 22.8 Å². The highest BCUT2D eigenvalue weighted by atomic mass is 32.2. The number of nitrogens with two attached hydrogens (primary N) is 1. The van der Waals surface area contributed by atoms with Crippen LogP contribution in [0.5, 0.6) is 0 Å². The Morgan fingerprint density at radius 2 is 1.76 bits per heavy atom. The average molecular weight is 300 g/mol. The van der Waals surface area contributed by atoms with Crippen molar-refractivity contribution in [3.63, 3.8) is 0 Å². The molecular weight excluding hydrogens is 280 g/mol. The first-order valence-electron chi connectivity index (χ1n) is 7.04. The maximum absolute atomic E-state index is 12.0. The Bertz CT molecular complexity index is 555. The van der Waals surface area contributed by atoms with Crippen molar-refractivity contribution in [1.29, 1.82) is 0 Å². The standard InChI is InChI=1S/C17H20N2OS/c18-11-10-14-6-8-15(9-7-14)17(20)19-12-13-21-16-4-2-1-3-5-16/h1-9H,10-13,18H2,(H,19,20). The van der Waals surface area contributed by atoms with Gasteiger partial charge in [0.1, 0.15) is 0 Å². The molecule has 0 unspecified atom stereocenters. The van der Waals surface area contributed by atoms with Crippen molar-refractivity contribution in [2.45, 2.75) is 11.3 Å². The molecule has 2 aromatic carbocycles. The Kier molecular flexibility index (Phi) is 6.31. The van der Waals surface area contributed by atoms with Crippen molar-refractivity contribution in [1.82, 2.24) is 5.32 Å². The number of carbonyl (C=O) groups excluding carboxylic acids is 1. The lowest BCUT2D eigenvalue weighted by Crippen LogP contribution is -2.25. The van der Waals surface area contributed by atoms with Crippen LogP contribution < -0.4 is 11.1 Å². The summed E-state index contributed by atoms with van der Waals surface area (Å²) < 4.78 is 0. The Balaban J connectivity index is 1.74. The van der Waals surface area contributed by atoms with Gasteiger partial charge in [-0.15, -0.1) is 11.8 Å². The Labute approximate surface area is 129 Å². The molecule has 0 fully saturated rings. The lowest BCUT2D eigenvalue weighted by atomic mass is 10.1. The molecule has 3 nitrogen and oxygen atoms in total. The molecule has 21 heavy (non-hydrogen) atoms. The van der Waals surface area contributed by atoms with E-state index in [2.05, 4.69) is 17.4 Å². The largest absolute Gasteiger partial charge is 0.351 e.